The van der Waals surface area contributed by atoms with Crippen LogP contribution in [0.5, 0.6) is 5.75 Å². The van der Waals surface area contributed by atoms with Gasteiger partial charge in [-0.05, 0) is 67.6 Å². The van der Waals surface area contributed by atoms with Crippen LogP contribution in [0.1, 0.15) is 40.7 Å². The number of benzene rings is 2. The first-order chi connectivity index (χ1) is 16.1. The number of nitrogens with zero attached hydrogens (tertiary/aromatic N) is 2. The summed E-state index contributed by atoms with van der Waals surface area (Å²) in [6, 6.07) is 15.6. The number of hydrogen-bond donors (Lipinski definition) is 1. The van der Waals surface area contributed by atoms with Gasteiger partial charge in [-0.1, -0.05) is 24.3 Å². The number of phenols is 1. The van der Waals surface area contributed by atoms with Gasteiger partial charge >= 0.3 is 0 Å². The van der Waals surface area contributed by atoms with Crippen molar-refractivity contribution in [1.29, 1.82) is 0 Å². The molecule has 3 heterocycles. The molecule has 4 bridgehead atoms. The van der Waals surface area contributed by atoms with Crippen molar-refractivity contribution in [3.63, 3.8) is 0 Å². The van der Waals surface area contributed by atoms with Gasteiger partial charge in [0.2, 0.25) is 0 Å². The van der Waals surface area contributed by atoms with E-state index < -0.39 is 0 Å². The quantitative estimate of drug-likeness (QED) is 0.783. The molecule has 7 rings (SSSR count). The molecule has 6 heteroatoms. The number of carbonyl (C=O) groups is 1. The van der Waals surface area contributed by atoms with Gasteiger partial charge in [0.05, 0.1) is 11.7 Å². The van der Waals surface area contributed by atoms with Crippen molar-refractivity contribution >= 4 is 5.91 Å². The Balaban J connectivity index is 1.36. The summed E-state index contributed by atoms with van der Waals surface area (Å²) in [5.41, 5.74) is 2.58. The summed E-state index contributed by atoms with van der Waals surface area (Å²) in [6.07, 6.45) is 3.46. The molecule has 5 aliphatic rings. The van der Waals surface area contributed by atoms with Gasteiger partial charge in [0, 0.05) is 42.1 Å². The number of likely N-dealkylation sites (tertiary alicyclic amines) is 2. The lowest BCUT2D eigenvalue weighted by Gasteiger charge is -2.64. The van der Waals surface area contributed by atoms with E-state index in [1.165, 1.54) is 11.1 Å². The average Bonchev–Trinajstić information content (AvgIpc) is 3.28. The minimum Gasteiger partial charge on any atom is -0.508 e. The minimum atomic E-state index is -0.366. The second kappa shape index (κ2) is 6.80. The summed E-state index contributed by atoms with van der Waals surface area (Å²) in [5, 5.41) is 10.5. The van der Waals surface area contributed by atoms with Crippen molar-refractivity contribution in [2.24, 2.45) is 5.92 Å². The Hall–Kier alpha value is -2.44. The van der Waals surface area contributed by atoms with E-state index in [9.17, 15) is 14.3 Å². The Bertz CT molecular complexity index is 1130. The third-order valence-corrected chi connectivity index (χ3v) is 9.50. The predicted octanol–water partition coefficient (Wildman–Crippen LogP) is 3.30. The number of hydrogen-bond acceptors (Lipinski definition) is 4. The summed E-state index contributed by atoms with van der Waals surface area (Å²) < 4.78 is 20.6. The normalized spacial score (nSPS) is 38.2. The van der Waals surface area contributed by atoms with Gasteiger partial charge in [0.15, 0.2) is 0 Å². The molecule has 6 atom stereocenters. The van der Waals surface area contributed by atoms with Gasteiger partial charge < -0.3 is 14.7 Å². The minimum absolute atomic E-state index is 0.0220. The fraction of sp³-hybridized carbons (Fsp3) is 0.519. The van der Waals surface area contributed by atoms with E-state index in [4.69, 9.17) is 4.74 Å². The Morgan fingerprint density at radius 1 is 1.18 bits per heavy atom. The zero-order valence-electron chi connectivity index (χ0n) is 18.6. The van der Waals surface area contributed by atoms with Crippen molar-refractivity contribution in [3.8, 4) is 5.75 Å². The van der Waals surface area contributed by atoms with Crippen LogP contribution in [0, 0.1) is 5.92 Å². The standard InChI is InChI=1S/C27H29FN2O3/c28-11-13-29-12-10-26-20-15-19(31)7-6-18(20)14-23(29)27(26)9-8-21-24(26)22(33-27)16-30(21)25(32)17-4-2-1-3-5-17/h1-7,15,21-24,31H,8-14,16H2/t21?,22-,23?,24?,26?,27?/m1/s1. The largest absolute Gasteiger partial charge is 0.508 e. The average molecular weight is 449 g/mol. The van der Waals surface area contributed by atoms with Crippen LogP contribution in [0.2, 0.25) is 0 Å². The molecule has 2 aromatic carbocycles. The molecule has 3 saturated heterocycles. The smallest absolute Gasteiger partial charge is 0.254 e. The Kier molecular flexibility index (Phi) is 4.11. The molecule has 4 fully saturated rings. The summed E-state index contributed by atoms with van der Waals surface area (Å²) in [5.74, 6) is 0.577. The predicted molar refractivity (Wildman–Crippen MR) is 121 cm³/mol. The summed E-state index contributed by atoms with van der Waals surface area (Å²) in [7, 11) is 0. The Labute approximate surface area is 193 Å². The van der Waals surface area contributed by atoms with Gasteiger partial charge in [-0.25, -0.2) is 4.39 Å². The highest BCUT2D eigenvalue weighted by Crippen LogP contribution is 2.69. The molecule has 1 amide bonds. The van der Waals surface area contributed by atoms with Gasteiger partial charge in [-0.15, -0.1) is 0 Å². The molecule has 1 N–H and O–H groups in total. The van der Waals surface area contributed by atoms with Crippen molar-refractivity contribution < 1.29 is 19.0 Å². The lowest BCUT2D eigenvalue weighted by atomic mass is 9.46. The molecule has 172 valence electrons. The van der Waals surface area contributed by atoms with Crippen molar-refractivity contribution in [1.82, 2.24) is 9.80 Å². The van der Waals surface area contributed by atoms with E-state index in [1.807, 2.05) is 42.5 Å². The van der Waals surface area contributed by atoms with Gasteiger partial charge in [0.25, 0.3) is 5.91 Å². The first-order valence-electron chi connectivity index (χ1n) is 12.3. The molecule has 33 heavy (non-hydrogen) atoms. The lowest BCUT2D eigenvalue weighted by molar-refractivity contribution is -0.170. The van der Waals surface area contributed by atoms with Crippen LogP contribution >= 0.6 is 0 Å². The lowest BCUT2D eigenvalue weighted by Crippen LogP contribution is -2.74. The number of piperidine rings is 1. The van der Waals surface area contributed by atoms with E-state index in [-0.39, 0.29) is 53.5 Å². The number of rotatable bonds is 3. The van der Waals surface area contributed by atoms with Gasteiger partial charge in [-0.3, -0.25) is 9.69 Å². The fourth-order valence-electron chi connectivity index (χ4n) is 8.53. The second-order valence-electron chi connectivity index (χ2n) is 10.5. The number of alkyl halides is 1. The van der Waals surface area contributed by atoms with Crippen molar-refractivity contribution in [3.05, 3.63) is 65.2 Å². The zero-order valence-corrected chi connectivity index (χ0v) is 18.6. The molecule has 0 radical (unpaired) electrons. The van der Waals surface area contributed by atoms with Gasteiger partial charge in [0.1, 0.15) is 12.4 Å². The Morgan fingerprint density at radius 3 is 2.85 bits per heavy atom. The van der Waals surface area contributed by atoms with Crippen LogP contribution in [0.15, 0.2) is 48.5 Å². The zero-order chi connectivity index (χ0) is 22.4. The number of ether oxygens (including phenoxy) is 1. The van der Waals surface area contributed by atoms with Crippen molar-refractivity contribution in [2.45, 2.75) is 54.9 Å². The second-order valence-corrected chi connectivity index (χ2v) is 10.5. The first-order valence-corrected chi connectivity index (χ1v) is 12.3. The maximum atomic E-state index is 13.5. The number of carbonyl (C=O) groups excluding carboxylic acids is 1. The number of phenolic OH excluding ortho intramolecular Hbond substituents is 1. The van der Waals surface area contributed by atoms with Crippen LogP contribution in [-0.4, -0.2) is 70.9 Å². The topological polar surface area (TPSA) is 53.0 Å². The fourth-order valence-corrected chi connectivity index (χ4v) is 8.53. The van der Waals surface area contributed by atoms with E-state index in [0.717, 1.165) is 37.8 Å². The summed E-state index contributed by atoms with van der Waals surface area (Å²) in [6.45, 7) is 1.53. The highest BCUT2D eigenvalue weighted by atomic mass is 19.1. The van der Waals surface area contributed by atoms with Crippen LogP contribution < -0.4 is 0 Å². The molecule has 5 unspecified atom stereocenters. The summed E-state index contributed by atoms with van der Waals surface area (Å²) >= 11 is 0. The van der Waals surface area contributed by atoms with Crippen LogP contribution in [0.3, 0.4) is 0 Å². The summed E-state index contributed by atoms with van der Waals surface area (Å²) in [4.78, 5) is 17.9. The maximum Gasteiger partial charge on any atom is 0.254 e. The van der Waals surface area contributed by atoms with Crippen molar-refractivity contribution in [2.75, 3.05) is 26.3 Å². The first kappa shape index (κ1) is 20.0. The SMILES string of the molecule is O=C(c1ccccc1)N1C[C@H]2OC34CCC1C2C31CCN(CCF)C4Cc2ccc(O)cc21. The van der Waals surface area contributed by atoms with Crippen LogP contribution in [0.4, 0.5) is 4.39 Å². The van der Waals surface area contributed by atoms with E-state index in [1.54, 1.807) is 6.07 Å². The molecule has 0 aromatic heterocycles. The highest BCUT2D eigenvalue weighted by Gasteiger charge is 2.78. The number of fused-ring (bicyclic) bond motifs is 1. The van der Waals surface area contributed by atoms with E-state index in [0.29, 0.717) is 13.1 Å². The van der Waals surface area contributed by atoms with Gasteiger partial charge in [-0.2, -0.15) is 0 Å². The van der Waals surface area contributed by atoms with Crippen LogP contribution in [0.25, 0.3) is 0 Å². The molecule has 5 nitrogen and oxygen atoms in total. The van der Waals surface area contributed by atoms with E-state index >= 15 is 0 Å². The number of amides is 1. The molecular weight excluding hydrogens is 419 g/mol. The molecule has 0 spiro atoms. The third kappa shape index (κ3) is 2.36. The molecule has 3 aliphatic heterocycles. The molecular formula is C27H29FN2O3. The number of aromatic hydroxyl groups is 1. The van der Waals surface area contributed by atoms with E-state index in [2.05, 4.69) is 9.80 Å². The monoisotopic (exact) mass is 448 g/mol. The molecule has 2 aliphatic carbocycles. The Morgan fingerprint density at radius 2 is 2.03 bits per heavy atom. The number of halogens is 1. The molecule has 2 aromatic rings. The molecule has 1 saturated carbocycles. The highest BCUT2D eigenvalue weighted by molar-refractivity contribution is 5.94. The van der Waals surface area contributed by atoms with Crippen LogP contribution in [-0.2, 0) is 16.6 Å². The maximum absolute atomic E-state index is 13.5. The third-order valence-electron chi connectivity index (χ3n) is 9.50.